The Morgan fingerprint density at radius 1 is 1.24 bits per heavy atom. The van der Waals surface area contributed by atoms with E-state index in [0.717, 1.165) is 48.5 Å². The van der Waals surface area contributed by atoms with Crippen LogP contribution in [-0.2, 0) is 24.0 Å². The van der Waals surface area contributed by atoms with Crippen LogP contribution in [0.4, 0.5) is 4.39 Å². The lowest BCUT2D eigenvalue weighted by Crippen LogP contribution is -2.47. The van der Waals surface area contributed by atoms with Crippen molar-refractivity contribution in [1.29, 1.82) is 0 Å². The number of carboxylic acids is 1. The van der Waals surface area contributed by atoms with Crippen molar-refractivity contribution in [2.24, 2.45) is 11.8 Å². The first-order chi connectivity index (χ1) is 14.0. The lowest BCUT2D eigenvalue weighted by atomic mass is 9.91. The number of carbonyl (C=O) groups excluding carboxylic acids is 2. The van der Waals surface area contributed by atoms with Crippen molar-refractivity contribution in [3.8, 4) is 0 Å². The van der Waals surface area contributed by atoms with Gasteiger partial charge in [-0.15, -0.1) is 0 Å². The van der Waals surface area contributed by atoms with Crippen LogP contribution in [0.2, 0.25) is 0 Å². The van der Waals surface area contributed by atoms with Crippen LogP contribution >= 0.6 is 0 Å². The van der Waals surface area contributed by atoms with E-state index in [1.807, 2.05) is 0 Å². The molecule has 3 fully saturated rings. The Hall–Kier alpha value is -1.74. The van der Waals surface area contributed by atoms with Crippen molar-refractivity contribution >= 4 is 18.3 Å². The normalized spacial score (nSPS) is 29.0. The summed E-state index contributed by atoms with van der Waals surface area (Å²) < 4.78 is 19.4. The number of aliphatic carboxylic acids is 1. The summed E-state index contributed by atoms with van der Waals surface area (Å²) in [6.45, 7) is 0.358. The molecule has 8 nitrogen and oxygen atoms in total. The first-order valence-corrected chi connectivity index (χ1v) is 10.7. The molecule has 1 aliphatic carbocycles. The van der Waals surface area contributed by atoms with Crippen LogP contribution in [0.1, 0.15) is 57.8 Å². The maximum absolute atomic E-state index is 13.9. The van der Waals surface area contributed by atoms with E-state index in [9.17, 15) is 23.9 Å². The van der Waals surface area contributed by atoms with Gasteiger partial charge in [0.1, 0.15) is 12.2 Å². The number of hydrogen-bond acceptors (Lipinski definition) is 5. The molecular weight excluding hydrogens is 383 g/mol. The molecule has 2 amide bonds. The molecule has 0 radical (unpaired) electrons. The Morgan fingerprint density at radius 2 is 1.97 bits per heavy atom. The smallest absolute Gasteiger partial charge is 0.326 e. The molecule has 4 atom stereocenters. The number of carbonyl (C=O) groups is 3. The SMILES string of the molecule is O=CN(CC(CC1CCCC1)C(=O)N1CC(F)CC1C(=O)O)OC1CCCCO1. The van der Waals surface area contributed by atoms with Crippen LogP contribution in [0.25, 0.3) is 0 Å². The molecule has 9 heteroatoms. The predicted octanol–water partition coefficient (Wildman–Crippen LogP) is 2.12. The number of likely N-dealkylation sites (tertiary alicyclic amines) is 1. The Kier molecular flexibility index (Phi) is 7.83. The van der Waals surface area contributed by atoms with E-state index >= 15 is 0 Å². The van der Waals surface area contributed by atoms with Gasteiger partial charge in [-0.25, -0.2) is 19.1 Å². The molecule has 0 aromatic heterocycles. The molecule has 3 rings (SSSR count). The number of amides is 2. The Labute approximate surface area is 170 Å². The minimum absolute atomic E-state index is 0.0124. The molecule has 164 valence electrons. The third-order valence-corrected chi connectivity index (χ3v) is 6.17. The van der Waals surface area contributed by atoms with Crippen molar-refractivity contribution in [2.75, 3.05) is 19.7 Å². The van der Waals surface area contributed by atoms with Crippen molar-refractivity contribution in [2.45, 2.75) is 76.3 Å². The highest BCUT2D eigenvalue weighted by molar-refractivity contribution is 5.86. The molecule has 1 N–H and O–H groups in total. The van der Waals surface area contributed by atoms with Gasteiger partial charge in [0, 0.05) is 19.4 Å². The second-order valence-corrected chi connectivity index (χ2v) is 8.37. The summed E-state index contributed by atoms with van der Waals surface area (Å²) in [5.41, 5.74) is 0. The third-order valence-electron chi connectivity index (χ3n) is 6.17. The molecule has 0 aromatic rings. The van der Waals surface area contributed by atoms with E-state index in [-0.39, 0.29) is 19.5 Å². The molecule has 3 aliphatic rings. The lowest BCUT2D eigenvalue weighted by Gasteiger charge is -2.32. The fraction of sp³-hybridized carbons (Fsp3) is 0.850. The molecule has 29 heavy (non-hydrogen) atoms. The molecule has 0 aromatic carbocycles. The van der Waals surface area contributed by atoms with Gasteiger partial charge in [-0.1, -0.05) is 25.7 Å². The highest BCUT2D eigenvalue weighted by Crippen LogP contribution is 2.33. The summed E-state index contributed by atoms with van der Waals surface area (Å²) >= 11 is 0. The van der Waals surface area contributed by atoms with E-state index in [0.29, 0.717) is 31.8 Å². The van der Waals surface area contributed by atoms with Gasteiger partial charge in [-0.05, 0) is 25.2 Å². The molecule has 4 unspecified atom stereocenters. The summed E-state index contributed by atoms with van der Waals surface area (Å²) in [5.74, 6) is -1.89. The second-order valence-electron chi connectivity index (χ2n) is 8.37. The van der Waals surface area contributed by atoms with Crippen LogP contribution in [-0.4, -0.2) is 71.6 Å². The maximum Gasteiger partial charge on any atom is 0.326 e. The first-order valence-electron chi connectivity index (χ1n) is 10.7. The molecule has 2 aliphatic heterocycles. The molecule has 2 heterocycles. The quantitative estimate of drug-likeness (QED) is 0.459. The fourth-order valence-corrected chi connectivity index (χ4v) is 4.67. The number of hydrogen-bond donors (Lipinski definition) is 1. The summed E-state index contributed by atoms with van der Waals surface area (Å²) in [5, 5.41) is 10.5. The van der Waals surface area contributed by atoms with E-state index in [2.05, 4.69) is 0 Å². The van der Waals surface area contributed by atoms with Gasteiger partial charge in [0.15, 0.2) is 6.29 Å². The zero-order valence-corrected chi connectivity index (χ0v) is 16.7. The minimum Gasteiger partial charge on any atom is -0.480 e. The van der Waals surface area contributed by atoms with Gasteiger partial charge in [0.2, 0.25) is 12.3 Å². The maximum atomic E-state index is 13.9. The Morgan fingerprint density at radius 3 is 2.59 bits per heavy atom. The van der Waals surface area contributed by atoms with Crippen molar-refractivity contribution in [3.63, 3.8) is 0 Å². The first kappa shape index (κ1) is 22.0. The number of ether oxygens (including phenoxy) is 1. The monoisotopic (exact) mass is 414 g/mol. The number of alkyl halides is 1. The van der Waals surface area contributed by atoms with E-state index < -0.39 is 36.3 Å². The summed E-state index contributed by atoms with van der Waals surface area (Å²) in [4.78, 5) is 43.0. The zero-order valence-electron chi connectivity index (χ0n) is 16.7. The average molecular weight is 414 g/mol. The molecule has 1 saturated carbocycles. The Balaban J connectivity index is 1.69. The van der Waals surface area contributed by atoms with Crippen LogP contribution in [0.3, 0.4) is 0 Å². The van der Waals surface area contributed by atoms with Crippen LogP contribution < -0.4 is 0 Å². The summed E-state index contributed by atoms with van der Waals surface area (Å²) in [6.07, 6.45) is 5.77. The van der Waals surface area contributed by atoms with Gasteiger partial charge in [-0.2, -0.15) is 0 Å². The van der Waals surface area contributed by atoms with Crippen LogP contribution in [0.15, 0.2) is 0 Å². The highest BCUT2D eigenvalue weighted by atomic mass is 19.1. The van der Waals surface area contributed by atoms with E-state index in [1.54, 1.807) is 0 Å². The predicted molar refractivity (Wildman–Crippen MR) is 100 cm³/mol. The number of nitrogens with zero attached hydrogens (tertiary/aromatic N) is 2. The molecular formula is C20H31FN2O6. The standard InChI is InChI=1S/C20H31FN2O6/c21-16-10-17(20(26)27)23(12-16)19(25)15(9-14-5-1-2-6-14)11-22(13-24)29-18-7-3-4-8-28-18/h13-18H,1-12H2,(H,26,27). The van der Waals surface area contributed by atoms with Crippen LogP contribution in [0.5, 0.6) is 0 Å². The highest BCUT2D eigenvalue weighted by Gasteiger charge is 2.43. The van der Waals surface area contributed by atoms with Gasteiger partial charge in [0.05, 0.1) is 19.0 Å². The second kappa shape index (κ2) is 10.3. The third kappa shape index (κ3) is 5.88. The van der Waals surface area contributed by atoms with Crippen molar-refractivity contribution in [3.05, 3.63) is 0 Å². The number of rotatable bonds is 9. The number of hydroxylamine groups is 2. The van der Waals surface area contributed by atoms with Crippen molar-refractivity contribution in [1.82, 2.24) is 9.96 Å². The van der Waals surface area contributed by atoms with E-state index in [1.165, 1.54) is 0 Å². The number of carboxylic acid groups (broad SMARTS) is 1. The van der Waals surface area contributed by atoms with Gasteiger partial charge < -0.3 is 14.7 Å². The topological polar surface area (TPSA) is 96.4 Å². The van der Waals surface area contributed by atoms with Crippen molar-refractivity contribution < 1.29 is 33.5 Å². The zero-order chi connectivity index (χ0) is 20.8. The fourth-order valence-electron chi connectivity index (χ4n) is 4.67. The largest absolute Gasteiger partial charge is 0.480 e. The molecule has 0 bridgehead atoms. The summed E-state index contributed by atoms with van der Waals surface area (Å²) in [6, 6.07) is -1.16. The minimum atomic E-state index is -1.35. The number of halogens is 1. The Bertz CT molecular complexity index is 579. The lowest BCUT2D eigenvalue weighted by molar-refractivity contribution is -0.276. The van der Waals surface area contributed by atoms with Gasteiger partial charge in [-0.3, -0.25) is 9.59 Å². The van der Waals surface area contributed by atoms with Crippen LogP contribution in [0, 0.1) is 11.8 Å². The molecule has 2 saturated heterocycles. The van der Waals surface area contributed by atoms with E-state index in [4.69, 9.17) is 9.57 Å². The average Bonchev–Trinajstić information content (AvgIpc) is 3.36. The van der Waals surface area contributed by atoms with Gasteiger partial charge in [0.25, 0.3) is 0 Å². The van der Waals surface area contributed by atoms with Gasteiger partial charge >= 0.3 is 5.97 Å². The molecule has 0 spiro atoms. The summed E-state index contributed by atoms with van der Waals surface area (Å²) in [7, 11) is 0.